The van der Waals surface area contributed by atoms with Crippen molar-refractivity contribution in [3.05, 3.63) is 65.2 Å². The highest BCUT2D eigenvalue weighted by Crippen LogP contribution is 2.41. The molecule has 0 radical (unpaired) electrons. The number of carbonyl (C=O) groups excluding carboxylic acids is 3. The smallest absolute Gasteiger partial charge is 0.408 e. The van der Waals surface area contributed by atoms with Crippen molar-refractivity contribution >= 4 is 17.9 Å². The summed E-state index contributed by atoms with van der Waals surface area (Å²) in [6.07, 6.45) is 1.07. The summed E-state index contributed by atoms with van der Waals surface area (Å²) < 4.78 is 5.50. The number of amides is 3. The number of carbonyl (C=O) groups is 3. The number of aromatic hydroxyl groups is 1. The predicted molar refractivity (Wildman–Crippen MR) is 156 cm³/mol. The van der Waals surface area contributed by atoms with E-state index in [4.69, 9.17) is 4.74 Å². The molecule has 4 atom stereocenters. The SMILES string of the molecule is CCc1ccc(C(C(=O)NC(C)(C)C)N(C(=O)C(Cc2ccc(O)cc2)NC(=O)OC(C)(C)C)C2CC2C)cc1. The van der Waals surface area contributed by atoms with Gasteiger partial charge < -0.3 is 25.4 Å². The molecular weight excluding hydrogens is 506 g/mol. The summed E-state index contributed by atoms with van der Waals surface area (Å²) in [6, 6.07) is 12.3. The van der Waals surface area contributed by atoms with E-state index < -0.39 is 29.3 Å². The van der Waals surface area contributed by atoms with Gasteiger partial charge in [-0.25, -0.2) is 4.79 Å². The van der Waals surface area contributed by atoms with Crippen molar-refractivity contribution in [2.45, 2.75) is 104 Å². The average molecular weight is 552 g/mol. The molecule has 0 saturated heterocycles. The molecule has 0 heterocycles. The van der Waals surface area contributed by atoms with E-state index in [9.17, 15) is 19.5 Å². The first-order chi connectivity index (χ1) is 18.6. The van der Waals surface area contributed by atoms with Gasteiger partial charge in [0.15, 0.2) is 0 Å². The molecule has 8 heteroatoms. The van der Waals surface area contributed by atoms with Gasteiger partial charge >= 0.3 is 6.09 Å². The topological polar surface area (TPSA) is 108 Å². The molecule has 3 rings (SSSR count). The van der Waals surface area contributed by atoms with Crippen LogP contribution in [0.2, 0.25) is 0 Å². The van der Waals surface area contributed by atoms with Gasteiger partial charge in [-0.1, -0.05) is 50.2 Å². The highest BCUT2D eigenvalue weighted by Gasteiger charge is 2.48. The lowest BCUT2D eigenvalue weighted by atomic mass is 9.97. The Morgan fingerprint density at radius 1 is 0.975 bits per heavy atom. The van der Waals surface area contributed by atoms with Crippen LogP contribution in [0.3, 0.4) is 0 Å². The largest absolute Gasteiger partial charge is 0.508 e. The lowest BCUT2D eigenvalue weighted by Gasteiger charge is -2.36. The van der Waals surface area contributed by atoms with Crippen LogP contribution in [0, 0.1) is 5.92 Å². The minimum atomic E-state index is -0.993. The number of benzene rings is 2. The zero-order valence-electron chi connectivity index (χ0n) is 25.1. The van der Waals surface area contributed by atoms with Gasteiger partial charge in [-0.2, -0.15) is 0 Å². The van der Waals surface area contributed by atoms with Gasteiger partial charge in [0.25, 0.3) is 0 Å². The molecule has 40 heavy (non-hydrogen) atoms. The summed E-state index contributed by atoms with van der Waals surface area (Å²) in [4.78, 5) is 42.9. The molecule has 0 spiro atoms. The van der Waals surface area contributed by atoms with Gasteiger partial charge in [0, 0.05) is 18.0 Å². The van der Waals surface area contributed by atoms with Crippen LogP contribution in [0.1, 0.15) is 84.5 Å². The van der Waals surface area contributed by atoms with Crippen LogP contribution in [-0.4, -0.2) is 51.1 Å². The lowest BCUT2D eigenvalue weighted by Crippen LogP contribution is -2.56. The van der Waals surface area contributed by atoms with E-state index in [1.54, 1.807) is 49.9 Å². The molecule has 1 aliphatic carbocycles. The van der Waals surface area contributed by atoms with Crippen LogP contribution in [0.25, 0.3) is 0 Å². The summed E-state index contributed by atoms with van der Waals surface area (Å²) in [7, 11) is 0. The molecule has 0 bridgehead atoms. The van der Waals surface area contributed by atoms with Crippen LogP contribution in [0.4, 0.5) is 4.79 Å². The Hall–Kier alpha value is -3.55. The maximum atomic E-state index is 14.5. The molecule has 3 N–H and O–H groups in total. The number of hydrogen-bond acceptors (Lipinski definition) is 5. The molecule has 8 nitrogen and oxygen atoms in total. The second-order valence-corrected chi connectivity index (χ2v) is 12.8. The van der Waals surface area contributed by atoms with Crippen LogP contribution in [0.15, 0.2) is 48.5 Å². The fourth-order valence-electron chi connectivity index (χ4n) is 4.68. The van der Waals surface area contributed by atoms with Crippen molar-refractivity contribution in [2.24, 2.45) is 5.92 Å². The Kier molecular flexibility index (Phi) is 9.54. The first-order valence-corrected chi connectivity index (χ1v) is 14.1. The number of nitrogens with zero attached hydrogens (tertiary/aromatic N) is 1. The molecule has 218 valence electrons. The Morgan fingerprint density at radius 2 is 1.52 bits per heavy atom. The maximum absolute atomic E-state index is 14.5. The second kappa shape index (κ2) is 12.3. The fourth-order valence-corrected chi connectivity index (χ4v) is 4.68. The molecule has 0 aromatic heterocycles. The third-order valence-electron chi connectivity index (χ3n) is 6.77. The van der Waals surface area contributed by atoms with E-state index in [2.05, 4.69) is 24.5 Å². The minimum Gasteiger partial charge on any atom is -0.508 e. The molecule has 0 aliphatic heterocycles. The zero-order valence-corrected chi connectivity index (χ0v) is 25.1. The molecule has 1 saturated carbocycles. The lowest BCUT2D eigenvalue weighted by molar-refractivity contribution is -0.144. The predicted octanol–water partition coefficient (Wildman–Crippen LogP) is 5.28. The van der Waals surface area contributed by atoms with Gasteiger partial charge in [0.05, 0.1) is 0 Å². The zero-order chi connectivity index (χ0) is 29.8. The van der Waals surface area contributed by atoms with Crippen molar-refractivity contribution < 1.29 is 24.2 Å². The van der Waals surface area contributed by atoms with Crippen LogP contribution >= 0.6 is 0 Å². The molecule has 2 aromatic rings. The minimum absolute atomic E-state index is 0.106. The summed E-state index contributed by atoms with van der Waals surface area (Å²) in [6.45, 7) is 15.1. The van der Waals surface area contributed by atoms with E-state index in [-0.39, 0.29) is 35.9 Å². The van der Waals surface area contributed by atoms with Gasteiger partial charge in [0.1, 0.15) is 23.4 Å². The number of aryl methyl sites for hydroxylation is 1. The van der Waals surface area contributed by atoms with Gasteiger partial charge in [-0.3, -0.25) is 9.59 Å². The number of phenols is 1. The van der Waals surface area contributed by atoms with Crippen LogP contribution < -0.4 is 10.6 Å². The Labute approximate surface area is 238 Å². The number of ether oxygens (including phenoxy) is 1. The van der Waals surface area contributed by atoms with E-state index in [0.717, 1.165) is 24.0 Å². The van der Waals surface area contributed by atoms with Crippen molar-refractivity contribution in [3.8, 4) is 5.75 Å². The van der Waals surface area contributed by atoms with E-state index >= 15 is 0 Å². The standard InChI is InChI=1S/C32H45N3O5/c1-9-21-10-14-23(15-11-21)27(28(37)34-31(3,4)5)35(26-18-20(26)2)29(38)25(33-30(39)40-32(6,7)8)19-22-12-16-24(36)17-13-22/h10-17,20,25-27,36H,9,18-19H2,1-8H3,(H,33,39)(H,34,37). The average Bonchev–Trinajstić information content (AvgIpc) is 3.56. The number of rotatable bonds is 9. The highest BCUT2D eigenvalue weighted by atomic mass is 16.6. The fraction of sp³-hybridized carbons (Fsp3) is 0.531. The molecule has 1 fully saturated rings. The Morgan fingerprint density at radius 3 is 2.00 bits per heavy atom. The van der Waals surface area contributed by atoms with Crippen LogP contribution in [-0.2, 0) is 27.2 Å². The summed E-state index contributed by atoms with van der Waals surface area (Å²) in [5.74, 6) is -0.319. The Balaban J connectivity index is 2.06. The maximum Gasteiger partial charge on any atom is 0.408 e. The summed E-state index contributed by atoms with van der Waals surface area (Å²) in [5.41, 5.74) is 1.33. The molecule has 4 unspecified atom stereocenters. The van der Waals surface area contributed by atoms with Gasteiger partial charge in [-0.15, -0.1) is 0 Å². The third-order valence-corrected chi connectivity index (χ3v) is 6.77. The first-order valence-electron chi connectivity index (χ1n) is 14.1. The van der Waals surface area contributed by atoms with E-state index in [0.29, 0.717) is 5.56 Å². The molecule has 2 aromatic carbocycles. The summed E-state index contributed by atoms with van der Waals surface area (Å²) >= 11 is 0. The van der Waals surface area contributed by atoms with E-state index in [1.165, 1.54) is 0 Å². The van der Waals surface area contributed by atoms with Crippen LogP contribution in [0.5, 0.6) is 5.75 Å². The number of nitrogens with one attached hydrogen (secondary N) is 2. The monoisotopic (exact) mass is 551 g/mol. The van der Waals surface area contributed by atoms with Crippen molar-refractivity contribution in [1.29, 1.82) is 0 Å². The van der Waals surface area contributed by atoms with Crippen molar-refractivity contribution in [1.82, 2.24) is 15.5 Å². The number of alkyl carbamates (subject to hydrolysis) is 1. The second-order valence-electron chi connectivity index (χ2n) is 12.8. The molecular formula is C32H45N3O5. The van der Waals surface area contributed by atoms with E-state index in [1.807, 2.05) is 45.0 Å². The van der Waals surface area contributed by atoms with Gasteiger partial charge in [-0.05, 0) is 89.1 Å². The van der Waals surface area contributed by atoms with Gasteiger partial charge in [0.2, 0.25) is 11.8 Å². The Bertz CT molecular complexity index is 1180. The number of hydrogen-bond donors (Lipinski definition) is 3. The van der Waals surface area contributed by atoms with Crippen molar-refractivity contribution in [3.63, 3.8) is 0 Å². The molecule has 1 aliphatic rings. The summed E-state index contributed by atoms with van der Waals surface area (Å²) in [5, 5.41) is 15.6. The van der Waals surface area contributed by atoms with Crippen molar-refractivity contribution in [2.75, 3.05) is 0 Å². The first kappa shape index (κ1) is 31.0. The molecule has 3 amide bonds. The number of phenolic OH excluding ortho intramolecular Hbond substituents is 1. The third kappa shape index (κ3) is 8.73. The normalized spacial score (nSPS) is 18.3. The highest BCUT2D eigenvalue weighted by molar-refractivity contribution is 5.93. The quantitative estimate of drug-likeness (QED) is 0.393.